The van der Waals surface area contributed by atoms with Crippen LogP contribution in [0.4, 0.5) is 0 Å². The summed E-state index contributed by atoms with van der Waals surface area (Å²) >= 11 is 1.89. The standard InChI is InChI=1S/C14H17NOS/c1-12(17-14-7-3-2-4-8-14)10-15-11-13-6-5-9-16-13/h2-9,12,15H,10-11H2,1H3. The summed E-state index contributed by atoms with van der Waals surface area (Å²) in [7, 11) is 0. The molecule has 0 fully saturated rings. The Morgan fingerprint density at radius 1 is 1.18 bits per heavy atom. The molecule has 0 radical (unpaired) electrons. The molecule has 3 heteroatoms. The lowest BCUT2D eigenvalue weighted by atomic mass is 10.4. The first-order valence-corrected chi connectivity index (χ1v) is 6.67. The van der Waals surface area contributed by atoms with Crippen LogP contribution in [-0.4, -0.2) is 11.8 Å². The molecule has 1 aromatic heterocycles. The van der Waals surface area contributed by atoms with Crippen molar-refractivity contribution in [3.05, 3.63) is 54.5 Å². The molecule has 2 aromatic rings. The largest absolute Gasteiger partial charge is 0.468 e. The SMILES string of the molecule is CC(CNCc1ccco1)Sc1ccccc1. The maximum absolute atomic E-state index is 5.26. The molecule has 90 valence electrons. The van der Waals surface area contributed by atoms with Crippen LogP contribution in [0.5, 0.6) is 0 Å². The Morgan fingerprint density at radius 2 is 2.00 bits per heavy atom. The van der Waals surface area contributed by atoms with Gasteiger partial charge >= 0.3 is 0 Å². The monoisotopic (exact) mass is 247 g/mol. The Labute approximate surface area is 106 Å². The van der Waals surface area contributed by atoms with Crippen molar-refractivity contribution in [2.75, 3.05) is 6.54 Å². The van der Waals surface area contributed by atoms with E-state index in [1.54, 1.807) is 6.26 Å². The number of hydrogen-bond donors (Lipinski definition) is 1. The molecular weight excluding hydrogens is 230 g/mol. The zero-order chi connectivity index (χ0) is 11.9. The summed E-state index contributed by atoms with van der Waals surface area (Å²) in [5.41, 5.74) is 0. The second kappa shape index (κ2) is 6.52. The highest BCUT2D eigenvalue weighted by atomic mass is 32.2. The summed E-state index contributed by atoms with van der Waals surface area (Å²) in [6, 6.07) is 14.4. The van der Waals surface area contributed by atoms with Gasteiger partial charge in [-0.2, -0.15) is 0 Å². The van der Waals surface area contributed by atoms with Crippen molar-refractivity contribution in [1.82, 2.24) is 5.32 Å². The molecule has 17 heavy (non-hydrogen) atoms. The van der Waals surface area contributed by atoms with Gasteiger partial charge in [-0.1, -0.05) is 25.1 Å². The molecular formula is C14H17NOS. The Bertz CT molecular complexity index is 413. The highest BCUT2D eigenvalue weighted by molar-refractivity contribution is 8.00. The molecule has 0 saturated heterocycles. The van der Waals surface area contributed by atoms with Gasteiger partial charge in [0.2, 0.25) is 0 Å². The molecule has 1 atom stereocenters. The predicted molar refractivity (Wildman–Crippen MR) is 72.2 cm³/mol. The van der Waals surface area contributed by atoms with Crippen LogP contribution >= 0.6 is 11.8 Å². The Balaban J connectivity index is 1.69. The van der Waals surface area contributed by atoms with Crippen LogP contribution in [0.2, 0.25) is 0 Å². The van der Waals surface area contributed by atoms with Gasteiger partial charge in [0.05, 0.1) is 12.8 Å². The van der Waals surface area contributed by atoms with E-state index in [2.05, 4.69) is 36.5 Å². The molecule has 1 aromatic carbocycles. The van der Waals surface area contributed by atoms with Gasteiger partial charge in [0, 0.05) is 16.7 Å². The van der Waals surface area contributed by atoms with Crippen molar-refractivity contribution in [2.45, 2.75) is 23.6 Å². The lowest BCUT2D eigenvalue weighted by Gasteiger charge is -2.11. The number of thioether (sulfide) groups is 1. The first-order chi connectivity index (χ1) is 8.34. The number of nitrogens with one attached hydrogen (secondary N) is 1. The maximum atomic E-state index is 5.26. The Morgan fingerprint density at radius 3 is 2.71 bits per heavy atom. The fraction of sp³-hybridized carbons (Fsp3) is 0.286. The molecule has 0 saturated carbocycles. The van der Waals surface area contributed by atoms with Crippen molar-refractivity contribution in [1.29, 1.82) is 0 Å². The van der Waals surface area contributed by atoms with Gasteiger partial charge in [-0.15, -0.1) is 11.8 Å². The van der Waals surface area contributed by atoms with Crippen LogP contribution in [0.25, 0.3) is 0 Å². The zero-order valence-electron chi connectivity index (χ0n) is 9.93. The van der Waals surface area contributed by atoms with Gasteiger partial charge in [0.25, 0.3) is 0 Å². The molecule has 0 aliphatic rings. The van der Waals surface area contributed by atoms with Gasteiger partial charge in [-0.3, -0.25) is 0 Å². The van der Waals surface area contributed by atoms with Crippen molar-refractivity contribution >= 4 is 11.8 Å². The normalized spacial score (nSPS) is 12.5. The summed E-state index contributed by atoms with van der Waals surface area (Å²) < 4.78 is 5.26. The van der Waals surface area contributed by atoms with Crippen LogP contribution in [0, 0.1) is 0 Å². The number of hydrogen-bond acceptors (Lipinski definition) is 3. The van der Waals surface area contributed by atoms with Crippen LogP contribution < -0.4 is 5.32 Å². The summed E-state index contributed by atoms with van der Waals surface area (Å²) in [5.74, 6) is 0.988. The summed E-state index contributed by atoms with van der Waals surface area (Å²) in [4.78, 5) is 1.32. The van der Waals surface area contributed by atoms with Gasteiger partial charge in [0.1, 0.15) is 5.76 Å². The number of furan rings is 1. The van der Waals surface area contributed by atoms with Gasteiger partial charge in [-0.25, -0.2) is 0 Å². The molecule has 1 N–H and O–H groups in total. The molecule has 0 aliphatic carbocycles. The Hall–Kier alpha value is -1.19. The van der Waals surface area contributed by atoms with E-state index in [9.17, 15) is 0 Å². The fourth-order valence-electron chi connectivity index (χ4n) is 1.58. The third-order valence-corrected chi connectivity index (χ3v) is 3.50. The van der Waals surface area contributed by atoms with Crippen molar-refractivity contribution in [3.8, 4) is 0 Å². The van der Waals surface area contributed by atoms with E-state index in [1.165, 1.54) is 4.90 Å². The van der Waals surface area contributed by atoms with Crippen molar-refractivity contribution in [3.63, 3.8) is 0 Å². The minimum atomic E-state index is 0.548. The minimum absolute atomic E-state index is 0.548. The lowest BCUT2D eigenvalue weighted by Crippen LogP contribution is -2.21. The predicted octanol–water partition coefficient (Wildman–Crippen LogP) is 3.55. The van der Waals surface area contributed by atoms with Crippen molar-refractivity contribution < 1.29 is 4.42 Å². The van der Waals surface area contributed by atoms with E-state index in [1.807, 2.05) is 30.0 Å². The summed E-state index contributed by atoms with van der Waals surface area (Å²) in [6.45, 7) is 4.00. The average molecular weight is 247 g/mol. The quantitative estimate of drug-likeness (QED) is 0.790. The van der Waals surface area contributed by atoms with Crippen LogP contribution in [-0.2, 0) is 6.54 Å². The fourth-order valence-corrected chi connectivity index (χ4v) is 2.56. The maximum Gasteiger partial charge on any atom is 0.117 e. The number of rotatable bonds is 6. The van der Waals surface area contributed by atoms with E-state index in [4.69, 9.17) is 4.42 Å². The van der Waals surface area contributed by atoms with Gasteiger partial charge in [-0.05, 0) is 24.3 Å². The van der Waals surface area contributed by atoms with Crippen LogP contribution in [0.15, 0.2) is 58.0 Å². The van der Waals surface area contributed by atoms with Crippen LogP contribution in [0.1, 0.15) is 12.7 Å². The Kier molecular flexibility index (Phi) is 4.71. The molecule has 1 unspecified atom stereocenters. The smallest absolute Gasteiger partial charge is 0.117 e. The third-order valence-electron chi connectivity index (χ3n) is 2.39. The average Bonchev–Trinajstić information content (AvgIpc) is 2.83. The van der Waals surface area contributed by atoms with E-state index in [0.717, 1.165) is 18.8 Å². The topological polar surface area (TPSA) is 25.2 Å². The minimum Gasteiger partial charge on any atom is -0.468 e. The van der Waals surface area contributed by atoms with Crippen LogP contribution in [0.3, 0.4) is 0 Å². The number of benzene rings is 1. The molecule has 0 spiro atoms. The molecule has 0 aliphatic heterocycles. The first-order valence-electron chi connectivity index (χ1n) is 5.79. The molecule has 1 heterocycles. The van der Waals surface area contributed by atoms with E-state index < -0.39 is 0 Å². The second-order valence-corrected chi connectivity index (χ2v) is 5.46. The van der Waals surface area contributed by atoms with Crippen molar-refractivity contribution in [2.24, 2.45) is 0 Å². The van der Waals surface area contributed by atoms with E-state index >= 15 is 0 Å². The van der Waals surface area contributed by atoms with Gasteiger partial charge in [0.15, 0.2) is 0 Å². The van der Waals surface area contributed by atoms with E-state index in [0.29, 0.717) is 5.25 Å². The first kappa shape index (κ1) is 12.3. The molecule has 0 bridgehead atoms. The third kappa shape index (κ3) is 4.29. The highest BCUT2D eigenvalue weighted by Gasteiger charge is 2.04. The lowest BCUT2D eigenvalue weighted by molar-refractivity contribution is 0.484. The molecule has 2 rings (SSSR count). The van der Waals surface area contributed by atoms with E-state index in [-0.39, 0.29) is 0 Å². The second-order valence-electron chi connectivity index (χ2n) is 3.95. The summed E-state index contributed by atoms with van der Waals surface area (Å²) in [6.07, 6.45) is 1.71. The van der Waals surface area contributed by atoms with Gasteiger partial charge < -0.3 is 9.73 Å². The summed E-state index contributed by atoms with van der Waals surface area (Å²) in [5, 5.41) is 3.94. The molecule has 2 nitrogen and oxygen atoms in total. The zero-order valence-corrected chi connectivity index (χ0v) is 10.7. The molecule has 0 amide bonds. The highest BCUT2D eigenvalue weighted by Crippen LogP contribution is 2.21.